The lowest BCUT2D eigenvalue weighted by Crippen LogP contribution is -2.40. The van der Waals surface area contributed by atoms with Gasteiger partial charge in [-0.1, -0.05) is 6.07 Å². The lowest BCUT2D eigenvalue weighted by Gasteiger charge is -2.26. The maximum absolute atomic E-state index is 12.1. The second-order valence-corrected chi connectivity index (χ2v) is 5.39. The molecule has 0 radical (unpaired) electrons. The standard InChI is InChI=1S/C13H18N2O2/c1-9-8-10-6-5-7-14-11(10)15(9)12(16)17-13(2,3)4/h5-7,9H,8H2,1-4H3/t9-/m1/s1. The van der Waals surface area contributed by atoms with Gasteiger partial charge in [0.2, 0.25) is 0 Å². The van der Waals surface area contributed by atoms with Crippen LogP contribution in [0.1, 0.15) is 33.3 Å². The summed E-state index contributed by atoms with van der Waals surface area (Å²) in [5.41, 5.74) is 0.625. The van der Waals surface area contributed by atoms with Crippen molar-refractivity contribution in [2.75, 3.05) is 4.90 Å². The normalized spacial score (nSPS) is 19.1. The fourth-order valence-electron chi connectivity index (χ4n) is 2.00. The molecular weight excluding hydrogens is 216 g/mol. The second-order valence-electron chi connectivity index (χ2n) is 5.39. The first-order valence-electron chi connectivity index (χ1n) is 5.84. The van der Waals surface area contributed by atoms with Gasteiger partial charge in [-0.3, -0.25) is 4.90 Å². The van der Waals surface area contributed by atoms with Gasteiger partial charge < -0.3 is 4.74 Å². The first-order valence-corrected chi connectivity index (χ1v) is 5.84. The summed E-state index contributed by atoms with van der Waals surface area (Å²) in [4.78, 5) is 18.0. The molecule has 0 N–H and O–H groups in total. The van der Waals surface area contributed by atoms with Crippen LogP contribution in [0.5, 0.6) is 0 Å². The fourth-order valence-corrected chi connectivity index (χ4v) is 2.00. The molecule has 0 spiro atoms. The van der Waals surface area contributed by atoms with Gasteiger partial charge in [-0.15, -0.1) is 0 Å². The number of amides is 1. The summed E-state index contributed by atoms with van der Waals surface area (Å²) in [7, 11) is 0. The third kappa shape index (κ3) is 2.40. The van der Waals surface area contributed by atoms with Crippen LogP contribution in [0.15, 0.2) is 18.3 Å². The Morgan fingerprint density at radius 3 is 2.88 bits per heavy atom. The van der Waals surface area contributed by atoms with Gasteiger partial charge in [0.1, 0.15) is 11.4 Å². The van der Waals surface area contributed by atoms with Crippen LogP contribution in [0.3, 0.4) is 0 Å². The minimum atomic E-state index is -0.478. The van der Waals surface area contributed by atoms with Gasteiger partial charge in [0.05, 0.1) is 0 Å². The number of hydrogen-bond donors (Lipinski definition) is 0. The molecule has 1 aliphatic rings. The molecule has 1 aromatic rings. The molecule has 0 saturated carbocycles. The Bertz CT molecular complexity index is 437. The Morgan fingerprint density at radius 2 is 2.24 bits per heavy atom. The van der Waals surface area contributed by atoms with E-state index in [2.05, 4.69) is 4.98 Å². The molecule has 92 valence electrons. The zero-order valence-electron chi connectivity index (χ0n) is 10.7. The molecule has 2 rings (SSSR count). The highest BCUT2D eigenvalue weighted by atomic mass is 16.6. The van der Waals surface area contributed by atoms with E-state index in [-0.39, 0.29) is 12.1 Å². The Kier molecular flexibility index (Phi) is 2.81. The van der Waals surface area contributed by atoms with Gasteiger partial charge in [0.25, 0.3) is 0 Å². The molecule has 17 heavy (non-hydrogen) atoms. The average molecular weight is 234 g/mol. The molecule has 1 aliphatic heterocycles. The molecule has 1 amide bonds. The number of carbonyl (C=O) groups is 1. The van der Waals surface area contributed by atoms with E-state index in [1.165, 1.54) is 0 Å². The van der Waals surface area contributed by atoms with E-state index in [1.807, 2.05) is 39.8 Å². The van der Waals surface area contributed by atoms with Crippen LogP contribution in [0.4, 0.5) is 10.6 Å². The van der Waals surface area contributed by atoms with Crippen molar-refractivity contribution in [3.05, 3.63) is 23.9 Å². The summed E-state index contributed by atoms with van der Waals surface area (Å²) < 4.78 is 5.40. The number of nitrogens with zero attached hydrogens (tertiary/aromatic N) is 2. The molecule has 0 bridgehead atoms. The van der Waals surface area contributed by atoms with Crippen molar-refractivity contribution in [1.29, 1.82) is 0 Å². The topological polar surface area (TPSA) is 42.4 Å². The van der Waals surface area contributed by atoms with Gasteiger partial charge in [0, 0.05) is 12.2 Å². The highest BCUT2D eigenvalue weighted by molar-refractivity contribution is 5.89. The minimum Gasteiger partial charge on any atom is -0.443 e. The summed E-state index contributed by atoms with van der Waals surface area (Å²) in [5, 5.41) is 0. The number of rotatable bonds is 0. The molecule has 0 aliphatic carbocycles. The monoisotopic (exact) mass is 234 g/mol. The Hall–Kier alpha value is -1.58. The van der Waals surface area contributed by atoms with Crippen molar-refractivity contribution in [1.82, 2.24) is 4.98 Å². The van der Waals surface area contributed by atoms with Crippen LogP contribution in [0, 0.1) is 0 Å². The number of anilines is 1. The fraction of sp³-hybridized carbons (Fsp3) is 0.538. The highest BCUT2D eigenvalue weighted by Crippen LogP contribution is 2.30. The summed E-state index contributed by atoms with van der Waals surface area (Å²) in [6.07, 6.45) is 2.22. The smallest absolute Gasteiger partial charge is 0.416 e. The van der Waals surface area contributed by atoms with Crippen molar-refractivity contribution in [3.8, 4) is 0 Å². The van der Waals surface area contributed by atoms with E-state index in [0.717, 1.165) is 17.8 Å². The van der Waals surface area contributed by atoms with Gasteiger partial charge in [-0.05, 0) is 45.7 Å². The predicted octanol–water partition coefficient (Wildman–Crippen LogP) is 2.77. The molecule has 1 atom stereocenters. The molecule has 2 heterocycles. The first-order chi connectivity index (χ1) is 7.88. The molecular formula is C13H18N2O2. The highest BCUT2D eigenvalue weighted by Gasteiger charge is 2.34. The van der Waals surface area contributed by atoms with Crippen LogP contribution in [0.2, 0.25) is 0 Å². The summed E-state index contributed by atoms with van der Waals surface area (Å²) >= 11 is 0. The van der Waals surface area contributed by atoms with Gasteiger partial charge in [-0.2, -0.15) is 0 Å². The van der Waals surface area contributed by atoms with Crippen LogP contribution in [-0.2, 0) is 11.2 Å². The van der Waals surface area contributed by atoms with Gasteiger partial charge in [0.15, 0.2) is 0 Å². The molecule has 0 unspecified atom stereocenters. The van der Waals surface area contributed by atoms with E-state index in [1.54, 1.807) is 11.1 Å². The molecule has 4 heteroatoms. The molecule has 1 aromatic heterocycles. The first kappa shape index (κ1) is 11.9. The zero-order chi connectivity index (χ0) is 12.6. The number of aromatic nitrogens is 1. The number of ether oxygens (including phenoxy) is 1. The molecule has 0 aromatic carbocycles. The van der Waals surface area contributed by atoms with Crippen LogP contribution >= 0.6 is 0 Å². The Labute approximate surface area is 102 Å². The van der Waals surface area contributed by atoms with Crippen molar-refractivity contribution >= 4 is 11.9 Å². The zero-order valence-corrected chi connectivity index (χ0v) is 10.7. The number of fused-ring (bicyclic) bond motifs is 1. The average Bonchev–Trinajstić information content (AvgIpc) is 2.50. The second kappa shape index (κ2) is 4.02. The van der Waals surface area contributed by atoms with Crippen molar-refractivity contribution in [2.45, 2.75) is 45.8 Å². The number of carbonyl (C=O) groups excluding carboxylic acids is 1. The SMILES string of the molecule is C[C@@H]1Cc2cccnc2N1C(=O)OC(C)(C)C. The van der Waals surface area contributed by atoms with E-state index >= 15 is 0 Å². The molecule has 4 nitrogen and oxygen atoms in total. The summed E-state index contributed by atoms with van der Waals surface area (Å²) in [5.74, 6) is 0.731. The molecule has 0 fully saturated rings. The van der Waals surface area contributed by atoms with Crippen LogP contribution in [0.25, 0.3) is 0 Å². The van der Waals surface area contributed by atoms with E-state index in [0.29, 0.717) is 0 Å². The third-order valence-corrected chi connectivity index (χ3v) is 2.64. The van der Waals surface area contributed by atoms with Crippen molar-refractivity contribution < 1.29 is 9.53 Å². The van der Waals surface area contributed by atoms with E-state index < -0.39 is 5.60 Å². The minimum absolute atomic E-state index is 0.106. The van der Waals surface area contributed by atoms with Crippen molar-refractivity contribution in [2.24, 2.45) is 0 Å². The number of pyridine rings is 1. The maximum atomic E-state index is 12.1. The quantitative estimate of drug-likeness (QED) is 0.693. The van der Waals surface area contributed by atoms with E-state index in [9.17, 15) is 4.79 Å². The maximum Gasteiger partial charge on any atom is 0.416 e. The summed E-state index contributed by atoms with van der Waals surface area (Å²) in [6.45, 7) is 7.60. The van der Waals surface area contributed by atoms with Crippen LogP contribution < -0.4 is 4.90 Å². The Morgan fingerprint density at radius 1 is 1.53 bits per heavy atom. The largest absolute Gasteiger partial charge is 0.443 e. The Balaban J connectivity index is 2.25. The van der Waals surface area contributed by atoms with Crippen molar-refractivity contribution in [3.63, 3.8) is 0 Å². The number of hydrogen-bond acceptors (Lipinski definition) is 3. The third-order valence-electron chi connectivity index (χ3n) is 2.64. The van der Waals surface area contributed by atoms with Crippen LogP contribution in [-0.4, -0.2) is 22.7 Å². The lowest BCUT2D eigenvalue weighted by atomic mass is 10.2. The predicted molar refractivity (Wildman–Crippen MR) is 66.1 cm³/mol. The van der Waals surface area contributed by atoms with Gasteiger partial charge >= 0.3 is 6.09 Å². The molecule has 0 saturated heterocycles. The summed E-state index contributed by atoms with van der Waals surface area (Å²) in [6, 6.07) is 4.00. The lowest BCUT2D eigenvalue weighted by molar-refractivity contribution is 0.0571. The van der Waals surface area contributed by atoms with Gasteiger partial charge in [-0.25, -0.2) is 9.78 Å². The van der Waals surface area contributed by atoms with E-state index in [4.69, 9.17) is 4.74 Å².